The number of hydrogen-bond acceptors (Lipinski definition) is 6. The molecule has 4 rings (SSSR count). The Labute approximate surface area is 175 Å². The first-order valence-electron chi connectivity index (χ1n) is 9.71. The molecule has 1 saturated heterocycles. The van der Waals surface area contributed by atoms with Gasteiger partial charge in [-0.2, -0.15) is 9.29 Å². The molecule has 1 aromatic heterocycles. The van der Waals surface area contributed by atoms with E-state index in [0.717, 1.165) is 24.0 Å². The third kappa shape index (κ3) is 4.27. The quantitative estimate of drug-likeness (QED) is 0.650. The van der Waals surface area contributed by atoms with E-state index in [0.29, 0.717) is 18.9 Å². The van der Waals surface area contributed by atoms with Gasteiger partial charge in [-0.05, 0) is 38.0 Å². The van der Waals surface area contributed by atoms with Crippen LogP contribution in [0.2, 0.25) is 0 Å². The molecule has 1 fully saturated rings. The Balaban J connectivity index is 1.43. The van der Waals surface area contributed by atoms with Gasteiger partial charge < -0.3 is 9.84 Å². The highest BCUT2D eigenvalue weighted by molar-refractivity contribution is 7.89. The largest absolute Gasteiger partial charge is 0.343 e. The first-order valence-corrected chi connectivity index (χ1v) is 11.2. The SMILES string of the molecule is Cc1ccc(-c2noc(CNC(=O)c3cccc(S(=O)(=O)N4CCCC4)c3)n2)cc1. The van der Waals surface area contributed by atoms with Crippen LogP contribution < -0.4 is 5.32 Å². The maximum Gasteiger partial charge on any atom is 0.251 e. The summed E-state index contributed by atoms with van der Waals surface area (Å²) < 4.78 is 32.1. The van der Waals surface area contributed by atoms with Gasteiger partial charge in [0.1, 0.15) is 0 Å². The first-order chi connectivity index (χ1) is 14.4. The Morgan fingerprint density at radius 1 is 1.13 bits per heavy atom. The number of carbonyl (C=O) groups is 1. The Kier molecular flexibility index (Phi) is 5.65. The summed E-state index contributed by atoms with van der Waals surface area (Å²) in [5.41, 5.74) is 2.21. The second kappa shape index (κ2) is 8.37. The van der Waals surface area contributed by atoms with E-state index < -0.39 is 15.9 Å². The van der Waals surface area contributed by atoms with Gasteiger partial charge in [0, 0.05) is 24.2 Å². The Bertz CT molecular complexity index is 1150. The predicted molar refractivity (Wildman–Crippen MR) is 110 cm³/mol. The minimum absolute atomic E-state index is 0.0425. The summed E-state index contributed by atoms with van der Waals surface area (Å²) in [6, 6.07) is 13.8. The molecule has 3 aromatic rings. The molecule has 2 aromatic carbocycles. The molecule has 1 amide bonds. The van der Waals surface area contributed by atoms with Crippen LogP contribution in [0.1, 0.15) is 34.7 Å². The summed E-state index contributed by atoms with van der Waals surface area (Å²) in [6.45, 7) is 3.06. The average Bonchev–Trinajstić information content (AvgIpc) is 3.45. The van der Waals surface area contributed by atoms with Gasteiger partial charge in [-0.15, -0.1) is 0 Å². The van der Waals surface area contributed by atoms with Crippen LogP contribution in [0.5, 0.6) is 0 Å². The van der Waals surface area contributed by atoms with Crippen molar-refractivity contribution in [3.63, 3.8) is 0 Å². The summed E-state index contributed by atoms with van der Waals surface area (Å²) in [4.78, 5) is 16.9. The van der Waals surface area contributed by atoms with Crippen LogP contribution in [0.3, 0.4) is 0 Å². The molecule has 156 valence electrons. The lowest BCUT2D eigenvalue weighted by Gasteiger charge is -2.15. The molecular formula is C21H22N4O4S. The van der Waals surface area contributed by atoms with Gasteiger partial charge in [-0.25, -0.2) is 8.42 Å². The van der Waals surface area contributed by atoms with Gasteiger partial charge in [0.25, 0.3) is 5.91 Å². The maximum absolute atomic E-state index is 12.7. The van der Waals surface area contributed by atoms with E-state index in [-0.39, 0.29) is 22.9 Å². The third-order valence-electron chi connectivity index (χ3n) is 4.98. The normalized spacial score (nSPS) is 14.7. The highest BCUT2D eigenvalue weighted by Crippen LogP contribution is 2.21. The van der Waals surface area contributed by atoms with Crippen molar-refractivity contribution in [3.05, 3.63) is 65.5 Å². The smallest absolute Gasteiger partial charge is 0.251 e. The van der Waals surface area contributed by atoms with Crippen molar-refractivity contribution in [2.45, 2.75) is 31.2 Å². The molecule has 0 aliphatic carbocycles. The van der Waals surface area contributed by atoms with E-state index in [4.69, 9.17) is 4.52 Å². The summed E-state index contributed by atoms with van der Waals surface area (Å²) in [5.74, 6) is 0.293. The molecule has 9 heteroatoms. The molecule has 0 radical (unpaired) electrons. The lowest BCUT2D eigenvalue weighted by Crippen LogP contribution is -2.28. The molecule has 1 aliphatic rings. The number of rotatable bonds is 6. The second-order valence-corrected chi connectivity index (χ2v) is 9.14. The predicted octanol–water partition coefficient (Wildman–Crippen LogP) is 2.76. The van der Waals surface area contributed by atoms with Gasteiger partial charge >= 0.3 is 0 Å². The zero-order chi connectivity index (χ0) is 21.1. The number of amides is 1. The van der Waals surface area contributed by atoms with E-state index in [2.05, 4.69) is 15.5 Å². The molecule has 1 aliphatic heterocycles. The Morgan fingerprint density at radius 2 is 1.87 bits per heavy atom. The van der Waals surface area contributed by atoms with E-state index in [1.807, 2.05) is 31.2 Å². The monoisotopic (exact) mass is 426 g/mol. The van der Waals surface area contributed by atoms with Crippen LogP contribution in [-0.4, -0.2) is 41.9 Å². The van der Waals surface area contributed by atoms with Crippen LogP contribution in [-0.2, 0) is 16.6 Å². The molecule has 1 N–H and O–H groups in total. The Morgan fingerprint density at radius 3 is 2.60 bits per heavy atom. The van der Waals surface area contributed by atoms with Crippen LogP contribution >= 0.6 is 0 Å². The van der Waals surface area contributed by atoms with Crippen molar-refractivity contribution in [2.24, 2.45) is 0 Å². The summed E-state index contributed by atoms with van der Waals surface area (Å²) in [5, 5.41) is 6.63. The van der Waals surface area contributed by atoms with Gasteiger partial charge in [0.15, 0.2) is 0 Å². The first kappa shape index (κ1) is 20.2. The average molecular weight is 426 g/mol. The molecule has 2 heterocycles. The van der Waals surface area contributed by atoms with Crippen molar-refractivity contribution in [3.8, 4) is 11.4 Å². The van der Waals surface area contributed by atoms with E-state index in [1.54, 1.807) is 12.1 Å². The van der Waals surface area contributed by atoms with Crippen LogP contribution in [0.4, 0.5) is 0 Å². The molecular weight excluding hydrogens is 404 g/mol. The zero-order valence-electron chi connectivity index (χ0n) is 16.5. The Hall–Kier alpha value is -3.04. The van der Waals surface area contributed by atoms with Gasteiger partial charge in [0.2, 0.25) is 21.7 Å². The van der Waals surface area contributed by atoms with E-state index >= 15 is 0 Å². The molecule has 0 saturated carbocycles. The van der Waals surface area contributed by atoms with Gasteiger partial charge in [-0.1, -0.05) is 41.1 Å². The maximum atomic E-state index is 12.7. The fourth-order valence-corrected chi connectivity index (χ4v) is 4.84. The zero-order valence-corrected chi connectivity index (χ0v) is 17.4. The van der Waals surface area contributed by atoms with Crippen molar-refractivity contribution in [2.75, 3.05) is 13.1 Å². The summed E-state index contributed by atoms with van der Waals surface area (Å²) >= 11 is 0. The highest BCUT2D eigenvalue weighted by Gasteiger charge is 2.27. The molecule has 8 nitrogen and oxygen atoms in total. The number of nitrogens with one attached hydrogen (secondary N) is 1. The molecule has 30 heavy (non-hydrogen) atoms. The van der Waals surface area contributed by atoms with Crippen LogP contribution in [0.15, 0.2) is 57.9 Å². The lowest BCUT2D eigenvalue weighted by atomic mass is 10.1. The van der Waals surface area contributed by atoms with Crippen molar-refractivity contribution >= 4 is 15.9 Å². The van der Waals surface area contributed by atoms with Crippen molar-refractivity contribution in [1.82, 2.24) is 19.8 Å². The molecule has 0 bridgehead atoms. The molecule has 0 unspecified atom stereocenters. The topological polar surface area (TPSA) is 105 Å². The van der Waals surface area contributed by atoms with Crippen LogP contribution in [0.25, 0.3) is 11.4 Å². The number of nitrogens with zero attached hydrogens (tertiary/aromatic N) is 3. The van der Waals surface area contributed by atoms with Gasteiger partial charge in [0.05, 0.1) is 11.4 Å². The second-order valence-electron chi connectivity index (χ2n) is 7.20. The number of sulfonamides is 1. The van der Waals surface area contributed by atoms with E-state index in [9.17, 15) is 13.2 Å². The number of hydrogen-bond donors (Lipinski definition) is 1. The molecule has 0 atom stereocenters. The van der Waals surface area contributed by atoms with E-state index in [1.165, 1.54) is 16.4 Å². The number of benzene rings is 2. The minimum atomic E-state index is -3.58. The minimum Gasteiger partial charge on any atom is -0.343 e. The summed E-state index contributed by atoms with van der Waals surface area (Å²) in [6.07, 6.45) is 1.71. The standard InChI is InChI=1S/C21H22N4O4S/c1-15-7-9-16(10-8-15)20-23-19(29-24-20)14-22-21(26)17-5-4-6-18(13-17)30(27,28)25-11-2-3-12-25/h4-10,13H,2-3,11-12,14H2,1H3,(H,22,26). The molecule has 0 spiro atoms. The number of carbonyl (C=O) groups excluding carboxylic acids is 1. The highest BCUT2D eigenvalue weighted by atomic mass is 32.2. The fourth-order valence-electron chi connectivity index (χ4n) is 3.28. The summed E-state index contributed by atoms with van der Waals surface area (Å²) in [7, 11) is -3.58. The lowest BCUT2D eigenvalue weighted by molar-refractivity contribution is 0.0946. The number of aryl methyl sites for hydroxylation is 1. The fraction of sp³-hybridized carbons (Fsp3) is 0.286. The van der Waals surface area contributed by atoms with Gasteiger partial charge in [-0.3, -0.25) is 4.79 Å². The third-order valence-corrected chi connectivity index (χ3v) is 6.87. The van der Waals surface area contributed by atoms with Crippen molar-refractivity contribution in [1.29, 1.82) is 0 Å². The van der Waals surface area contributed by atoms with Crippen LogP contribution in [0, 0.1) is 6.92 Å². The number of aromatic nitrogens is 2. The van der Waals surface area contributed by atoms with Crippen molar-refractivity contribution < 1.29 is 17.7 Å².